The first-order valence-electron chi connectivity index (χ1n) is 8.15. The Morgan fingerprint density at radius 1 is 1.48 bits per heavy atom. The normalized spacial score (nSPS) is 20.7. The van der Waals surface area contributed by atoms with Gasteiger partial charge in [0.05, 0.1) is 6.61 Å². The van der Waals surface area contributed by atoms with Crippen molar-refractivity contribution in [1.82, 2.24) is 9.62 Å². The van der Waals surface area contributed by atoms with Gasteiger partial charge in [-0.25, -0.2) is 22.0 Å². The first-order chi connectivity index (χ1) is 12.1. The Kier molecular flexibility index (Phi) is 9.10. The third-order valence-corrected chi connectivity index (χ3v) is 8.95. The number of thiophene rings is 1. The van der Waals surface area contributed by atoms with Gasteiger partial charge in [-0.15, -0.1) is 23.7 Å². The van der Waals surface area contributed by atoms with Crippen molar-refractivity contribution >= 4 is 43.8 Å². The highest BCUT2D eigenvalue weighted by atomic mass is 35.5. The molecule has 0 saturated carbocycles. The number of primary sulfonamides is 1. The lowest BCUT2D eigenvalue weighted by atomic mass is 10.1. The number of nitrogens with one attached hydrogen (secondary N) is 1. The second kappa shape index (κ2) is 9.94. The third-order valence-electron chi connectivity index (χ3n) is 3.98. The molecule has 2 unspecified atom stereocenters. The highest BCUT2D eigenvalue weighted by Gasteiger charge is 2.39. The number of ether oxygens (including phenoxy) is 2. The number of fused-ring (bicyclic) bond motifs is 1. The van der Waals surface area contributed by atoms with Crippen LogP contribution in [0.25, 0.3) is 0 Å². The predicted octanol–water partition coefficient (Wildman–Crippen LogP) is 0.871. The molecular weight excluding hydrogens is 438 g/mol. The van der Waals surface area contributed by atoms with Gasteiger partial charge in [-0.3, -0.25) is 0 Å². The summed E-state index contributed by atoms with van der Waals surface area (Å²) in [5.41, 5.74) is 0.454. The molecule has 27 heavy (non-hydrogen) atoms. The van der Waals surface area contributed by atoms with Gasteiger partial charge < -0.3 is 14.8 Å². The van der Waals surface area contributed by atoms with Gasteiger partial charge in [0.25, 0.3) is 10.0 Å². The number of hydrogen-bond acceptors (Lipinski definition) is 8. The molecule has 0 saturated heterocycles. The highest BCUT2D eigenvalue weighted by Crippen LogP contribution is 2.39. The van der Waals surface area contributed by atoms with Gasteiger partial charge in [0.15, 0.2) is 6.29 Å². The fraction of sp³-hybridized carbons (Fsp3) is 0.714. The van der Waals surface area contributed by atoms with Crippen LogP contribution in [0.2, 0.25) is 0 Å². The molecule has 0 aromatic carbocycles. The lowest BCUT2D eigenvalue weighted by Gasteiger charge is -2.32. The van der Waals surface area contributed by atoms with Crippen LogP contribution in [-0.4, -0.2) is 60.8 Å². The van der Waals surface area contributed by atoms with Crippen molar-refractivity contribution in [2.24, 2.45) is 5.14 Å². The summed E-state index contributed by atoms with van der Waals surface area (Å²) in [4.78, 5) is 0. The minimum atomic E-state index is -3.97. The van der Waals surface area contributed by atoms with Crippen LogP contribution in [0.1, 0.15) is 31.9 Å². The van der Waals surface area contributed by atoms with E-state index in [0.717, 1.165) is 6.42 Å². The smallest absolute Gasteiger partial charge is 0.253 e. The topological polar surface area (TPSA) is 128 Å². The fourth-order valence-corrected chi connectivity index (χ4v) is 6.81. The Hall–Kier alpha value is -0.310. The first kappa shape index (κ1) is 24.7. The predicted molar refractivity (Wildman–Crippen MR) is 105 cm³/mol. The number of hydrogen-bond donors (Lipinski definition) is 2. The number of nitrogens with zero attached hydrogens (tertiary/aromatic N) is 1. The maximum absolute atomic E-state index is 12.9. The molecular formula is C14H26ClN3O6S3. The Morgan fingerprint density at radius 2 is 2.15 bits per heavy atom. The van der Waals surface area contributed by atoms with Crippen molar-refractivity contribution in [2.75, 3.05) is 33.4 Å². The summed E-state index contributed by atoms with van der Waals surface area (Å²) < 4.78 is 60.7. The first-order valence-corrected chi connectivity index (χ1v) is 12.0. The van der Waals surface area contributed by atoms with Gasteiger partial charge >= 0.3 is 0 Å². The minimum Gasteiger partial charge on any atom is -0.356 e. The molecule has 2 rings (SSSR count). The van der Waals surface area contributed by atoms with E-state index in [2.05, 4.69) is 5.32 Å². The van der Waals surface area contributed by atoms with Crippen LogP contribution in [0.15, 0.2) is 14.5 Å². The monoisotopic (exact) mass is 463 g/mol. The Labute approximate surface area is 170 Å². The van der Waals surface area contributed by atoms with E-state index < -0.39 is 26.3 Å². The van der Waals surface area contributed by atoms with Gasteiger partial charge in [0, 0.05) is 31.8 Å². The molecule has 0 spiro atoms. The van der Waals surface area contributed by atoms with E-state index in [1.807, 2.05) is 6.92 Å². The fourth-order valence-electron chi connectivity index (χ4n) is 2.56. The largest absolute Gasteiger partial charge is 0.356 e. The van der Waals surface area contributed by atoms with Crippen LogP contribution in [0.3, 0.4) is 0 Å². The number of sulfonamides is 2. The Balaban J connectivity index is 0.00000364. The molecule has 9 nitrogen and oxygen atoms in total. The molecule has 1 aliphatic rings. The summed E-state index contributed by atoms with van der Waals surface area (Å²) in [5, 5.41) is 8.46. The summed E-state index contributed by atoms with van der Waals surface area (Å²) in [7, 11) is -6.29. The molecule has 2 atom stereocenters. The van der Waals surface area contributed by atoms with Crippen molar-refractivity contribution in [1.29, 1.82) is 0 Å². The van der Waals surface area contributed by atoms with E-state index in [4.69, 9.17) is 14.6 Å². The zero-order chi connectivity index (χ0) is 19.5. The van der Waals surface area contributed by atoms with Crippen molar-refractivity contribution < 1.29 is 26.3 Å². The molecule has 0 bridgehead atoms. The van der Waals surface area contributed by atoms with Crippen LogP contribution < -0.4 is 10.5 Å². The quantitative estimate of drug-likeness (QED) is 0.520. The number of halogens is 1. The zero-order valence-corrected chi connectivity index (χ0v) is 18.6. The Morgan fingerprint density at radius 3 is 2.70 bits per heavy atom. The van der Waals surface area contributed by atoms with E-state index in [9.17, 15) is 16.8 Å². The van der Waals surface area contributed by atoms with Crippen molar-refractivity contribution in [3.05, 3.63) is 11.6 Å². The van der Waals surface area contributed by atoms with Gasteiger partial charge in [0.1, 0.15) is 8.42 Å². The summed E-state index contributed by atoms with van der Waals surface area (Å²) in [6, 6.07) is 1.06. The zero-order valence-electron chi connectivity index (χ0n) is 15.4. The van der Waals surface area contributed by atoms with E-state index in [-0.39, 0.29) is 46.6 Å². The minimum absolute atomic E-state index is 0. The van der Waals surface area contributed by atoms with Crippen molar-refractivity contribution in [3.63, 3.8) is 0 Å². The van der Waals surface area contributed by atoms with Crippen LogP contribution in [0.5, 0.6) is 0 Å². The summed E-state index contributed by atoms with van der Waals surface area (Å²) in [6.45, 7) is 4.89. The summed E-state index contributed by atoms with van der Waals surface area (Å²) >= 11 is 0.686. The van der Waals surface area contributed by atoms with Gasteiger partial charge in [-0.2, -0.15) is 4.31 Å². The Bertz CT molecular complexity index is 827. The molecule has 1 aromatic rings. The molecule has 0 amide bonds. The number of nitrogens with two attached hydrogens (primary N) is 1. The van der Waals surface area contributed by atoms with Crippen LogP contribution in [0.4, 0.5) is 0 Å². The highest BCUT2D eigenvalue weighted by molar-refractivity contribution is 7.94. The lowest BCUT2D eigenvalue weighted by Crippen LogP contribution is -2.45. The van der Waals surface area contributed by atoms with Crippen LogP contribution in [0, 0.1) is 0 Å². The lowest BCUT2D eigenvalue weighted by molar-refractivity contribution is -0.111. The van der Waals surface area contributed by atoms with Crippen molar-refractivity contribution in [2.45, 2.75) is 41.0 Å². The molecule has 3 N–H and O–H groups in total. The van der Waals surface area contributed by atoms with E-state index in [0.29, 0.717) is 23.4 Å². The summed E-state index contributed by atoms with van der Waals surface area (Å²) in [5.74, 6) is 0. The molecule has 13 heteroatoms. The van der Waals surface area contributed by atoms with E-state index >= 15 is 0 Å². The van der Waals surface area contributed by atoms with Gasteiger partial charge in [0.2, 0.25) is 10.0 Å². The maximum atomic E-state index is 12.9. The molecule has 158 valence electrons. The summed E-state index contributed by atoms with van der Waals surface area (Å²) in [6.07, 6.45) is 0.418. The second-order valence-electron chi connectivity index (χ2n) is 5.90. The average molecular weight is 464 g/mol. The van der Waals surface area contributed by atoms with Gasteiger partial charge in [-0.05, 0) is 26.0 Å². The van der Waals surface area contributed by atoms with Crippen LogP contribution in [-0.2, 0) is 29.5 Å². The SMILES string of the molecule is CCCNC1CN(CCOC(C)OC)S(=O)(=O)c2sc(S(N)(=O)=O)cc21.Cl. The van der Waals surface area contributed by atoms with Gasteiger partial charge in [-0.1, -0.05) is 6.92 Å². The van der Waals surface area contributed by atoms with E-state index in [1.165, 1.54) is 17.5 Å². The number of rotatable bonds is 9. The molecule has 1 aliphatic heterocycles. The average Bonchev–Trinajstić information content (AvgIpc) is 3.02. The van der Waals surface area contributed by atoms with Crippen LogP contribution >= 0.6 is 23.7 Å². The molecule has 0 fully saturated rings. The van der Waals surface area contributed by atoms with E-state index in [1.54, 1.807) is 6.92 Å². The third kappa shape index (κ3) is 5.84. The standard InChI is InChI=1S/C14H25N3O6S3.ClH/c1-4-5-16-12-9-17(6-7-23-10(2)22-3)26(20,21)14-11(12)8-13(24-14)25(15,18)19;/h8,10,12,16H,4-7,9H2,1-3H3,(H2,15,18,19);1H. The number of methoxy groups -OCH3 is 1. The molecule has 0 aliphatic carbocycles. The molecule has 0 radical (unpaired) electrons. The molecule has 1 aromatic heterocycles. The van der Waals surface area contributed by atoms with Crippen molar-refractivity contribution in [3.8, 4) is 0 Å². The molecule has 2 heterocycles. The maximum Gasteiger partial charge on any atom is 0.253 e. The second-order valence-corrected chi connectivity index (χ2v) is 10.9.